The van der Waals surface area contributed by atoms with E-state index in [-0.39, 0.29) is 18.9 Å². The maximum atomic E-state index is 12.3. The fourth-order valence-corrected chi connectivity index (χ4v) is 3.72. The number of pyridine rings is 1. The van der Waals surface area contributed by atoms with E-state index in [2.05, 4.69) is 24.6 Å². The van der Waals surface area contributed by atoms with Crippen molar-refractivity contribution < 1.29 is 19.0 Å². The van der Waals surface area contributed by atoms with Gasteiger partial charge in [-0.3, -0.25) is 0 Å². The number of carbonyl (C=O) groups excluding carboxylic acids is 1. The van der Waals surface area contributed by atoms with Gasteiger partial charge in [-0.15, -0.1) is 11.3 Å². The predicted molar refractivity (Wildman–Crippen MR) is 99.8 cm³/mol. The molecule has 0 radical (unpaired) electrons. The molecule has 0 saturated heterocycles. The van der Waals surface area contributed by atoms with Crippen molar-refractivity contribution in [3.05, 3.63) is 23.2 Å². The third-order valence-electron chi connectivity index (χ3n) is 3.23. The van der Waals surface area contributed by atoms with E-state index < -0.39 is 8.07 Å². The van der Waals surface area contributed by atoms with E-state index in [1.807, 2.05) is 26.0 Å². The van der Waals surface area contributed by atoms with Crippen LogP contribution in [-0.4, -0.2) is 38.5 Å². The maximum absolute atomic E-state index is 12.3. The highest BCUT2D eigenvalue weighted by Crippen LogP contribution is 2.37. The second-order valence-electron chi connectivity index (χ2n) is 7.05. The lowest BCUT2D eigenvalue weighted by molar-refractivity contribution is 0.0205. The van der Waals surface area contributed by atoms with E-state index in [4.69, 9.17) is 14.2 Å². The minimum absolute atomic E-state index is 0.118. The van der Waals surface area contributed by atoms with Crippen LogP contribution in [0.3, 0.4) is 0 Å². The normalized spacial score (nSPS) is 11.9. The van der Waals surface area contributed by atoms with Gasteiger partial charge in [0.2, 0.25) is 0 Å². The molecule has 2 aromatic heterocycles. The molecule has 0 spiro atoms. The lowest BCUT2D eigenvalue weighted by Crippen LogP contribution is -2.22. The molecule has 5 nitrogen and oxygen atoms in total. The van der Waals surface area contributed by atoms with Gasteiger partial charge in [0.25, 0.3) is 0 Å². The van der Waals surface area contributed by atoms with Crippen LogP contribution >= 0.6 is 11.3 Å². The van der Waals surface area contributed by atoms with Crippen molar-refractivity contribution in [2.45, 2.75) is 45.6 Å². The molecule has 2 rings (SSSR count). The van der Waals surface area contributed by atoms with Crippen molar-refractivity contribution in [2.75, 3.05) is 13.4 Å². The van der Waals surface area contributed by atoms with Gasteiger partial charge in [-0.1, -0.05) is 19.6 Å². The Kier molecular flexibility index (Phi) is 6.37. The molecule has 0 unspecified atom stereocenters. The zero-order valence-corrected chi connectivity index (χ0v) is 16.7. The Morgan fingerprint density at radius 2 is 2.08 bits per heavy atom. The molecule has 0 amide bonds. The van der Waals surface area contributed by atoms with Gasteiger partial charge in [0.15, 0.2) is 17.4 Å². The Morgan fingerprint density at radius 3 is 2.75 bits per heavy atom. The standard InChI is InChI=1S/C17H25NO4SSi/c1-12(2)22-17(19)15-14(13-7-6-8-18-16(13)23-15)21-11-20-9-10-24(3,4)5/h6-8,12H,9-11H2,1-5H3. The van der Waals surface area contributed by atoms with E-state index >= 15 is 0 Å². The van der Waals surface area contributed by atoms with E-state index in [9.17, 15) is 4.79 Å². The van der Waals surface area contributed by atoms with Crippen LogP contribution in [0, 0.1) is 0 Å². The zero-order valence-electron chi connectivity index (χ0n) is 14.9. The average molecular weight is 368 g/mol. The summed E-state index contributed by atoms with van der Waals surface area (Å²) in [5, 5.41) is 0.812. The minimum Gasteiger partial charge on any atom is -0.465 e. The first-order valence-corrected chi connectivity index (χ1v) is 12.6. The average Bonchev–Trinajstić information content (AvgIpc) is 2.84. The molecule has 2 heterocycles. The van der Waals surface area contributed by atoms with Gasteiger partial charge in [0.1, 0.15) is 4.83 Å². The topological polar surface area (TPSA) is 57.7 Å². The Hall–Kier alpha value is -1.44. The predicted octanol–water partition coefficient (Wildman–Crippen LogP) is 4.55. The summed E-state index contributed by atoms with van der Waals surface area (Å²) < 4.78 is 16.7. The molecule has 0 aliphatic heterocycles. The quantitative estimate of drug-likeness (QED) is 0.296. The molecule has 0 aliphatic rings. The van der Waals surface area contributed by atoms with Crippen LogP contribution in [0.4, 0.5) is 0 Å². The van der Waals surface area contributed by atoms with Gasteiger partial charge in [-0.25, -0.2) is 9.78 Å². The van der Waals surface area contributed by atoms with Crippen molar-refractivity contribution >= 4 is 35.6 Å². The fraction of sp³-hybridized carbons (Fsp3) is 0.529. The Morgan fingerprint density at radius 1 is 1.33 bits per heavy atom. The van der Waals surface area contributed by atoms with E-state index in [0.29, 0.717) is 17.2 Å². The lowest BCUT2D eigenvalue weighted by atomic mass is 10.3. The van der Waals surface area contributed by atoms with Crippen molar-refractivity contribution in [3.63, 3.8) is 0 Å². The Bertz CT molecular complexity index is 693. The number of ether oxygens (including phenoxy) is 3. The van der Waals surface area contributed by atoms with Crippen molar-refractivity contribution in [2.24, 2.45) is 0 Å². The highest BCUT2D eigenvalue weighted by molar-refractivity contribution is 7.20. The molecule has 0 fully saturated rings. The Labute approximate surface area is 148 Å². The number of hydrogen-bond acceptors (Lipinski definition) is 6. The molecule has 2 aromatic rings. The summed E-state index contributed by atoms with van der Waals surface area (Å²) >= 11 is 1.28. The highest BCUT2D eigenvalue weighted by Gasteiger charge is 2.22. The molecular weight excluding hydrogens is 342 g/mol. The number of nitrogens with zero attached hydrogens (tertiary/aromatic N) is 1. The maximum Gasteiger partial charge on any atom is 0.352 e. The SMILES string of the molecule is CC(C)OC(=O)c1sc2ncccc2c1OCOCC[Si](C)(C)C. The summed E-state index contributed by atoms with van der Waals surface area (Å²) in [5.41, 5.74) is 0. The number of thiophene rings is 1. The number of hydrogen-bond donors (Lipinski definition) is 0. The Balaban J connectivity index is 2.10. The molecule has 0 saturated carbocycles. The van der Waals surface area contributed by atoms with E-state index in [0.717, 1.165) is 16.3 Å². The van der Waals surface area contributed by atoms with Crippen LogP contribution in [0.25, 0.3) is 10.2 Å². The van der Waals surface area contributed by atoms with E-state index in [1.165, 1.54) is 11.3 Å². The molecular formula is C17H25NO4SSi. The first-order valence-electron chi connectivity index (χ1n) is 8.07. The van der Waals surface area contributed by atoms with Crippen LogP contribution < -0.4 is 4.74 Å². The lowest BCUT2D eigenvalue weighted by Gasteiger charge is -2.15. The number of esters is 1. The van der Waals surface area contributed by atoms with Crippen LogP contribution in [0.2, 0.25) is 25.7 Å². The van der Waals surface area contributed by atoms with Gasteiger partial charge < -0.3 is 14.2 Å². The zero-order chi connectivity index (χ0) is 17.7. The van der Waals surface area contributed by atoms with Crippen molar-refractivity contribution in [1.82, 2.24) is 4.98 Å². The number of aromatic nitrogens is 1. The molecule has 24 heavy (non-hydrogen) atoms. The minimum atomic E-state index is -1.13. The molecule has 7 heteroatoms. The fourth-order valence-electron chi connectivity index (χ4n) is 1.99. The summed E-state index contributed by atoms with van der Waals surface area (Å²) in [6, 6.07) is 4.79. The highest BCUT2D eigenvalue weighted by atomic mass is 32.1. The van der Waals surface area contributed by atoms with Gasteiger partial charge in [0.05, 0.1) is 11.5 Å². The number of carbonyl (C=O) groups is 1. The second-order valence-corrected chi connectivity index (χ2v) is 13.7. The van der Waals surface area contributed by atoms with Gasteiger partial charge in [0, 0.05) is 20.9 Å². The van der Waals surface area contributed by atoms with Crippen LogP contribution in [0.15, 0.2) is 18.3 Å². The summed E-state index contributed by atoms with van der Waals surface area (Å²) in [6.45, 7) is 11.3. The second kappa shape index (κ2) is 8.09. The largest absolute Gasteiger partial charge is 0.465 e. The summed E-state index contributed by atoms with van der Waals surface area (Å²) in [7, 11) is -1.13. The number of fused-ring (bicyclic) bond motifs is 1. The monoisotopic (exact) mass is 367 g/mol. The van der Waals surface area contributed by atoms with Crippen molar-refractivity contribution in [1.29, 1.82) is 0 Å². The van der Waals surface area contributed by atoms with Gasteiger partial charge in [-0.2, -0.15) is 0 Å². The summed E-state index contributed by atoms with van der Waals surface area (Å²) in [6.07, 6.45) is 1.52. The molecule has 132 valence electrons. The summed E-state index contributed by atoms with van der Waals surface area (Å²) in [5.74, 6) is 0.117. The van der Waals surface area contributed by atoms with E-state index in [1.54, 1.807) is 6.20 Å². The third-order valence-corrected chi connectivity index (χ3v) is 6.01. The number of rotatable bonds is 8. The van der Waals surface area contributed by atoms with Crippen LogP contribution in [-0.2, 0) is 9.47 Å². The first kappa shape index (κ1) is 18.9. The van der Waals surface area contributed by atoms with Crippen LogP contribution in [0.5, 0.6) is 5.75 Å². The smallest absolute Gasteiger partial charge is 0.352 e. The first-order chi connectivity index (χ1) is 11.3. The molecule has 0 aromatic carbocycles. The van der Waals surface area contributed by atoms with Crippen molar-refractivity contribution in [3.8, 4) is 5.75 Å². The molecule has 0 aliphatic carbocycles. The van der Waals surface area contributed by atoms with Crippen LogP contribution in [0.1, 0.15) is 23.5 Å². The van der Waals surface area contributed by atoms with Gasteiger partial charge in [-0.05, 0) is 32.0 Å². The molecule has 0 bridgehead atoms. The molecule has 0 N–H and O–H groups in total. The van der Waals surface area contributed by atoms with Gasteiger partial charge >= 0.3 is 5.97 Å². The summed E-state index contributed by atoms with van der Waals surface area (Å²) in [4.78, 5) is 17.8. The molecule has 0 atom stereocenters. The third kappa shape index (κ3) is 5.29.